The number of carboxylic acids is 1. The SMILES string of the molecule is Cc1nc(NCC2CCCOC2)sc1C(=O)O. The fourth-order valence-corrected chi connectivity index (χ4v) is 2.68. The van der Waals surface area contributed by atoms with Crippen LogP contribution in [0, 0.1) is 12.8 Å². The van der Waals surface area contributed by atoms with Gasteiger partial charge < -0.3 is 15.2 Å². The molecule has 1 aromatic heterocycles. The van der Waals surface area contributed by atoms with Crippen molar-refractivity contribution in [2.24, 2.45) is 5.92 Å². The van der Waals surface area contributed by atoms with E-state index in [9.17, 15) is 4.79 Å². The van der Waals surface area contributed by atoms with Gasteiger partial charge in [-0.05, 0) is 25.7 Å². The predicted molar refractivity (Wildman–Crippen MR) is 65.8 cm³/mol. The van der Waals surface area contributed by atoms with E-state index in [4.69, 9.17) is 9.84 Å². The molecule has 0 radical (unpaired) electrons. The zero-order valence-electron chi connectivity index (χ0n) is 9.73. The van der Waals surface area contributed by atoms with E-state index in [-0.39, 0.29) is 0 Å². The van der Waals surface area contributed by atoms with Crippen LogP contribution in [0.5, 0.6) is 0 Å². The Bertz CT molecular complexity index is 399. The summed E-state index contributed by atoms with van der Waals surface area (Å²) in [6.07, 6.45) is 2.26. The number of anilines is 1. The first-order valence-electron chi connectivity index (χ1n) is 5.69. The molecule has 0 aliphatic carbocycles. The van der Waals surface area contributed by atoms with Gasteiger partial charge >= 0.3 is 5.97 Å². The van der Waals surface area contributed by atoms with Gasteiger partial charge in [0.15, 0.2) is 5.13 Å². The van der Waals surface area contributed by atoms with Gasteiger partial charge in [-0.2, -0.15) is 0 Å². The van der Waals surface area contributed by atoms with Crippen LogP contribution in [0.1, 0.15) is 28.2 Å². The number of carboxylic acid groups (broad SMARTS) is 1. The largest absolute Gasteiger partial charge is 0.477 e. The molecule has 94 valence electrons. The Morgan fingerprint density at radius 2 is 2.53 bits per heavy atom. The maximum absolute atomic E-state index is 10.9. The molecular formula is C11H16N2O3S. The summed E-state index contributed by atoms with van der Waals surface area (Å²) in [4.78, 5) is 15.4. The number of ether oxygens (including phenoxy) is 1. The van der Waals surface area contributed by atoms with Crippen molar-refractivity contribution in [3.05, 3.63) is 10.6 Å². The molecule has 5 nitrogen and oxygen atoms in total. The van der Waals surface area contributed by atoms with Crippen LogP contribution in [0.25, 0.3) is 0 Å². The van der Waals surface area contributed by atoms with E-state index in [1.807, 2.05) is 0 Å². The monoisotopic (exact) mass is 256 g/mol. The molecule has 1 aromatic rings. The maximum Gasteiger partial charge on any atom is 0.347 e. The predicted octanol–water partition coefficient (Wildman–Crippen LogP) is 1.99. The molecule has 2 N–H and O–H groups in total. The van der Waals surface area contributed by atoms with Crippen LogP contribution in [-0.4, -0.2) is 35.8 Å². The first-order valence-corrected chi connectivity index (χ1v) is 6.51. The van der Waals surface area contributed by atoms with Crippen LogP contribution >= 0.6 is 11.3 Å². The molecule has 0 bridgehead atoms. The zero-order valence-corrected chi connectivity index (χ0v) is 10.5. The number of nitrogens with zero attached hydrogens (tertiary/aromatic N) is 1. The highest BCUT2D eigenvalue weighted by molar-refractivity contribution is 7.17. The first-order chi connectivity index (χ1) is 8.16. The van der Waals surface area contributed by atoms with Crippen molar-refractivity contribution in [2.45, 2.75) is 19.8 Å². The summed E-state index contributed by atoms with van der Waals surface area (Å²) in [6.45, 7) is 4.15. The Hall–Kier alpha value is -1.14. The second-order valence-electron chi connectivity index (χ2n) is 4.20. The summed E-state index contributed by atoms with van der Waals surface area (Å²) in [6, 6.07) is 0. The number of aromatic carboxylic acids is 1. The summed E-state index contributed by atoms with van der Waals surface area (Å²) in [7, 11) is 0. The molecule has 1 aliphatic heterocycles. The number of aromatic nitrogens is 1. The number of hydrogen-bond acceptors (Lipinski definition) is 5. The quantitative estimate of drug-likeness (QED) is 0.862. The highest BCUT2D eigenvalue weighted by Gasteiger charge is 2.16. The zero-order chi connectivity index (χ0) is 12.3. The third-order valence-corrected chi connectivity index (χ3v) is 3.89. The van der Waals surface area contributed by atoms with Crippen molar-refractivity contribution in [1.82, 2.24) is 4.98 Å². The summed E-state index contributed by atoms with van der Waals surface area (Å²) in [5.74, 6) is -0.407. The van der Waals surface area contributed by atoms with Crippen molar-refractivity contribution in [1.29, 1.82) is 0 Å². The summed E-state index contributed by atoms with van der Waals surface area (Å²) < 4.78 is 5.39. The number of aryl methyl sites for hydroxylation is 1. The Morgan fingerprint density at radius 3 is 3.12 bits per heavy atom. The minimum absolute atomic E-state index is 0.312. The molecule has 0 aromatic carbocycles. The number of carbonyl (C=O) groups is 1. The van der Waals surface area contributed by atoms with E-state index < -0.39 is 5.97 Å². The lowest BCUT2D eigenvalue weighted by atomic mass is 10.0. The fourth-order valence-electron chi connectivity index (χ4n) is 1.87. The van der Waals surface area contributed by atoms with E-state index in [2.05, 4.69) is 10.3 Å². The van der Waals surface area contributed by atoms with Crippen LogP contribution in [0.4, 0.5) is 5.13 Å². The lowest BCUT2D eigenvalue weighted by Crippen LogP contribution is -2.24. The van der Waals surface area contributed by atoms with Crippen LogP contribution in [0.2, 0.25) is 0 Å². The van der Waals surface area contributed by atoms with Crippen LogP contribution < -0.4 is 5.32 Å². The lowest BCUT2D eigenvalue weighted by molar-refractivity contribution is 0.0595. The highest BCUT2D eigenvalue weighted by Crippen LogP contribution is 2.23. The van der Waals surface area contributed by atoms with Crippen molar-refractivity contribution in [3.8, 4) is 0 Å². The standard InChI is InChI=1S/C11H16N2O3S/c1-7-9(10(14)15)17-11(13-7)12-5-8-3-2-4-16-6-8/h8H,2-6H2,1H3,(H,12,13)(H,14,15). The van der Waals surface area contributed by atoms with Crippen LogP contribution in [0.3, 0.4) is 0 Å². The van der Waals surface area contributed by atoms with Gasteiger partial charge in [0, 0.05) is 13.2 Å². The first kappa shape index (κ1) is 12.3. The van der Waals surface area contributed by atoms with Crippen molar-refractivity contribution >= 4 is 22.4 Å². The summed E-state index contributed by atoms with van der Waals surface area (Å²) in [5.41, 5.74) is 0.574. The fraction of sp³-hybridized carbons (Fsp3) is 0.636. The van der Waals surface area contributed by atoms with E-state index in [1.165, 1.54) is 11.3 Å². The third kappa shape index (κ3) is 3.17. The van der Waals surface area contributed by atoms with E-state index in [0.717, 1.165) is 32.6 Å². The number of rotatable bonds is 4. The molecule has 0 spiro atoms. The van der Waals surface area contributed by atoms with E-state index in [1.54, 1.807) is 6.92 Å². The van der Waals surface area contributed by atoms with Gasteiger partial charge in [0.25, 0.3) is 0 Å². The Labute approximate surface area is 104 Å². The van der Waals surface area contributed by atoms with Gasteiger partial charge in [0.2, 0.25) is 0 Å². The van der Waals surface area contributed by atoms with Crippen LogP contribution in [0.15, 0.2) is 0 Å². The normalized spacial score (nSPS) is 20.2. The molecule has 1 unspecified atom stereocenters. The molecule has 1 saturated heterocycles. The second-order valence-corrected chi connectivity index (χ2v) is 5.20. The smallest absolute Gasteiger partial charge is 0.347 e. The lowest BCUT2D eigenvalue weighted by Gasteiger charge is -2.21. The average Bonchev–Trinajstić information content (AvgIpc) is 2.69. The molecule has 0 saturated carbocycles. The average molecular weight is 256 g/mol. The molecular weight excluding hydrogens is 240 g/mol. The van der Waals surface area contributed by atoms with Crippen molar-refractivity contribution in [3.63, 3.8) is 0 Å². The molecule has 0 amide bonds. The molecule has 1 fully saturated rings. The highest BCUT2D eigenvalue weighted by atomic mass is 32.1. The van der Waals surface area contributed by atoms with E-state index in [0.29, 0.717) is 21.6 Å². The van der Waals surface area contributed by atoms with Gasteiger partial charge in [-0.25, -0.2) is 9.78 Å². The number of nitrogens with one attached hydrogen (secondary N) is 1. The maximum atomic E-state index is 10.9. The van der Waals surface area contributed by atoms with Gasteiger partial charge in [-0.1, -0.05) is 11.3 Å². The Kier molecular flexibility index (Phi) is 3.96. The third-order valence-electron chi connectivity index (χ3n) is 2.79. The Morgan fingerprint density at radius 1 is 1.71 bits per heavy atom. The minimum atomic E-state index is -0.908. The number of hydrogen-bond donors (Lipinski definition) is 2. The molecule has 2 heterocycles. The van der Waals surface area contributed by atoms with Gasteiger partial charge in [0.05, 0.1) is 12.3 Å². The Balaban J connectivity index is 1.90. The van der Waals surface area contributed by atoms with Crippen molar-refractivity contribution < 1.29 is 14.6 Å². The summed E-state index contributed by atoms with van der Waals surface area (Å²) in [5, 5.41) is 12.8. The molecule has 17 heavy (non-hydrogen) atoms. The minimum Gasteiger partial charge on any atom is -0.477 e. The molecule has 6 heteroatoms. The second kappa shape index (κ2) is 5.46. The topological polar surface area (TPSA) is 71.5 Å². The van der Waals surface area contributed by atoms with Gasteiger partial charge in [-0.3, -0.25) is 0 Å². The van der Waals surface area contributed by atoms with Crippen molar-refractivity contribution in [2.75, 3.05) is 25.1 Å². The molecule has 1 aliphatic rings. The molecule has 1 atom stereocenters. The number of thiazole rings is 1. The van der Waals surface area contributed by atoms with Gasteiger partial charge in [0.1, 0.15) is 4.88 Å². The van der Waals surface area contributed by atoms with E-state index >= 15 is 0 Å². The van der Waals surface area contributed by atoms with Crippen LogP contribution in [-0.2, 0) is 4.74 Å². The molecule has 2 rings (SSSR count). The summed E-state index contributed by atoms with van der Waals surface area (Å²) >= 11 is 1.19. The van der Waals surface area contributed by atoms with Gasteiger partial charge in [-0.15, -0.1) is 0 Å².